The van der Waals surface area contributed by atoms with Crippen LogP contribution in [0.3, 0.4) is 0 Å². The van der Waals surface area contributed by atoms with Gasteiger partial charge in [0.2, 0.25) is 5.78 Å². The Bertz CT molecular complexity index is 1550. The Hall–Kier alpha value is -3.54. The van der Waals surface area contributed by atoms with E-state index in [1.54, 1.807) is 33.2 Å². The number of aliphatic hydroxyl groups is 3. The van der Waals surface area contributed by atoms with Gasteiger partial charge in [0.15, 0.2) is 17.2 Å². The molecule has 0 aromatic heterocycles. The van der Waals surface area contributed by atoms with Crippen LogP contribution < -0.4 is 0 Å². The number of aromatic hydroxyl groups is 1. The summed E-state index contributed by atoms with van der Waals surface area (Å²) in [5.41, 5.74) is -3.17. The van der Waals surface area contributed by atoms with E-state index in [9.17, 15) is 39.6 Å². The molecule has 2 saturated carbocycles. The van der Waals surface area contributed by atoms with Crippen molar-refractivity contribution in [1.29, 1.82) is 0 Å². The van der Waals surface area contributed by atoms with E-state index in [1.807, 2.05) is 0 Å². The molecular formula is C37H48N2O9. The number of carbonyl (C=O) groups excluding carboxylic acids is 4. The van der Waals surface area contributed by atoms with E-state index in [0.29, 0.717) is 24.4 Å². The molecule has 1 aromatic rings. The molecular weight excluding hydrogens is 616 g/mol. The number of carbonyl (C=O) groups is 4. The number of ether oxygens (including phenoxy) is 1. The number of fused-ring (bicyclic) bond motifs is 3. The molecule has 1 aromatic carbocycles. The van der Waals surface area contributed by atoms with Crippen molar-refractivity contribution in [3.05, 3.63) is 46.2 Å². The van der Waals surface area contributed by atoms with E-state index in [1.165, 1.54) is 11.0 Å². The third-order valence-corrected chi connectivity index (χ3v) is 11.6. The third-order valence-electron chi connectivity index (χ3n) is 11.6. The maximum atomic E-state index is 14.8. The summed E-state index contributed by atoms with van der Waals surface area (Å²) in [5.74, 6) is -7.64. The second-order valence-corrected chi connectivity index (χ2v) is 14.5. The third kappa shape index (κ3) is 5.57. The van der Waals surface area contributed by atoms with Crippen molar-refractivity contribution >= 4 is 29.1 Å². The van der Waals surface area contributed by atoms with Gasteiger partial charge in [0, 0.05) is 30.9 Å². The predicted octanol–water partition coefficient (Wildman–Crippen LogP) is 3.98. The molecule has 0 amide bonds. The van der Waals surface area contributed by atoms with Crippen molar-refractivity contribution in [3.8, 4) is 5.75 Å². The zero-order valence-corrected chi connectivity index (χ0v) is 28.1. The fraction of sp³-hybridized carbons (Fsp3) is 0.622. The second kappa shape index (κ2) is 13.4. The lowest BCUT2D eigenvalue weighted by atomic mass is 9.53. The number of likely N-dealkylation sites (tertiary alicyclic amines) is 1. The normalized spacial score (nSPS) is 30.9. The van der Waals surface area contributed by atoms with Crippen LogP contribution in [0.2, 0.25) is 0 Å². The Morgan fingerprint density at radius 3 is 2.35 bits per heavy atom. The van der Waals surface area contributed by atoms with E-state index in [4.69, 9.17) is 4.74 Å². The number of esters is 1. The maximum absolute atomic E-state index is 14.8. The Labute approximate surface area is 281 Å². The predicted molar refractivity (Wildman–Crippen MR) is 176 cm³/mol. The summed E-state index contributed by atoms with van der Waals surface area (Å²) in [6.45, 7) is 3.58. The maximum Gasteiger partial charge on any atom is 0.305 e. The number of aliphatic hydroxyl groups excluding tert-OH is 2. The number of rotatable bonds is 10. The summed E-state index contributed by atoms with van der Waals surface area (Å²) in [6.07, 6.45) is 6.22. The van der Waals surface area contributed by atoms with Gasteiger partial charge in [-0.25, -0.2) is 0 Å². The van der Waals surface area contributed by atoms with E-state index in [0.717, 1.165) is 58.0 Å². The monoisotopic (exact) mass is 664 g/mol. The first-order valence-corrected chi connectivity index (χ1v) is 17.5. The Morgan fingerprint density at radius 1 is 1.02 bits per heavy atom. The molecule has 3 fully saturated rings. The Kier molecular flexibility index (Phi) is 9.58. The molecule has 5 aliphatic rings. The van der Waals surface area contributed by atoms with Crippen LogP contribution in [0.25, 0.3) is 5.76 Å². The van der Waals surface area contributed by atoms with E-state index in [2.05, 4.69) is 4.90 Å². The van der Waals surface area contributed by atoms with Crippen molar-refractivity contribution in [1.82, 2.24) is 9.80 Å². The summed E-state index contributed by atoms with van der Waals surface area (Å²) in [5, 5.41) is 47.2. The first kappa shape index (κ1) is 34.3. The van der Waals surface area contributed by atoms with Crippen molar-refractivity contribution in [3.63, 3.8) is 0 Å². The lowest BCUT2D eigenvalue weighted by Gasteiger charge is -2.55. The van der Waals surface area contributed by atoms with E-state index >= 15 is 0 Å². The van der Waals surface area contributed by atoms with Gasteiger partial charge in [-0.05, 0) is 76.3 Å². The summed E-state index contributed by atoms with van der Waals surface area (Å²) < 4.78 is 6.11. The number of benzene rings is 1. The summed E-state index contributed by atoms with van der Waals surface area (Å²) >= 11 is 0. The van der Waals surface area contributed by atoms with Crippen LogP contribution in [0.15, 0.2) is 35.1 Å². The van der Waals surface area contributed by atoms with Gasteiger partial charge < -0.3 is 30.1 Å². The molecule has 4 aliphatic carbocycles. The van der Waals surface area contributed by atoms with Crippen LogP contribution in [0, 0.1) is 17.8 Å². The molecule has 0 radical (unpaired) electrons. The second-order valence-electron chi connectivity index (χ2n) is 14.5. The Morgan fingerprint density at radius 2 is 1.71 bits per heavy atom. The number of ketones is 3. The number of hydrogen-bond acceptors (Lipinski definition) is 11. The highest BCUT2D eigenvalue weighted by molar-refractivity contribution is 6.25. The van der Waals surface area contributed by atoms with Gasteiger partial charge in [0.05, 0.1) is 17.5 Å². The largest absolute Gasteiger partial charge is 0.508 e. The fourth-order valence-corrected chi connectivity index (χ4v) is 9.22. The topological polar surface area (TPSA) is 165 Å². The molecule has 48 heavy (non-hydrogen) atoms. The smallest absolute Gasteiger partial charge is 0.305 e. The van der Waals surface area contributed by atoms with Crippen LogP contribution in [0.5, 0.6) is 5.75 Å². The zero-order valence-electron chi connectivity index (χ0n) is 28.1. The van der Waals surface area contributed by atoms with Gasteiger partial charge in [-0.15, -0.1) is 0 Å². The number of nitrogens with zero attached hydrogens (tertiary/aromatic N) is 2. The average Bonchev–Trinajstić information content (AvgIpc) is 3.78. The fourth-order valence-electron chi connectivity index (χ4n) is 9.22. The number of Topliss-reactive ketones (excluding diaryl/α,β-unsaturated/α-hetero) is 3. The molecule has 6 rings (SSSR count). The molecule has 0 bridgehead atoms. The van der Waals surface area contributed by atoms with Crippen molar-refractivity contribution < 1.29 is 44.3 Å². The van der Waals surface area contributed by atoms with Gasteiger partial charge in [-0.1, -0.05) is 44.7 Å². The van der Waals surface area contributed by atoms with Crippen LogP contribution in [0.4, 0.5) is 0 Å². The SMILES string of the molecule is CCC(=O)O[C@@H]1[C@@H]2C(=C(O)c3c(O)cccc3[C@H]2CCC2CCCC2)C(=O)[C@@]2(O)C(O)=C(C(=O)CCN3CCCC3)C(=O)[C@H](N(C)C)[C@@H]12. The lowest BCUT2D eigenvalue weighted by molar-refractivity contribution is -0.185. The van der Waals surface area contributed by atoms with Crippen molar-refractivity contribution in [2.24, 2.45) is 17.8 Å². The number of likely N-dealkylation sites (N-methyl/N-ethyl adjacent to an activating group) is 1. The molecule has 1 aliphatic heterocycles. The molecule has 11 nitrogen and oxygen atoms in total. The minimum absolute atomic E-state index is 0.0416. The van der Waals surface area contributed by atoms with Gasteiger partial charge >= 0.3 is 5.97 Å². The molecule has 0 spiro atoms. The zero-order chi connectivity index (χ0) is 34.5. The van der Waals surface area contributed by atoms with Crippen LogP contribution in [-0.4, -0.2) is 105 Å². The highest BCUT2D eigenvalue weighted by atomic mass is 16.5. The summed E-state index contributed by atoms with van der Waals surface area (Å²) in [6, 6.07) is 3.51. The minimum Gasteiger partial charge on any atom is -0.508 e. The quantitative estimate of drug-likeness (QED) is 0.211. The molecule has 260 valence electrons. The van der Waals surface area contributed by atoms with Crippen LogP contribution in [0.1, 0.15) is 88.2 Å². The number of phenolic OH excluding ortho intramolecular Hbond substituents is 1. The van der Waals surface area contributed by atoms with Crippen molar-refractivity contribution in [2.75, 3.05) is 33.7 Å². The molecule has 11 heteroatoms. The number of hydrogen-bond donors (Lipinski definition) is 4. The van der Waals surface area contributed by atoms with Gasteiger partial charge in [0.25, 0.3) is 0 Å². The number of phenols is 1. The highest BCUT2D eigenvalue weighted by Crippen LogP contribution is 2.58. The Balaban J connectivity index is 1.54. The minimum atomic E-state index is -2.88. The molecule has 6 atom stereocenters. The van der Waals surface area contributed by atoms with Gasteiger partial charge in [0.1, 0.15) is 28.9 Å². The lowest BCUT2D eigenvalue weighted by Crippen LogP contribution is -2.71. The average molecular weight is 665 g/mol. The van der Waals surface area contributed by atoms with Crippen LogP contribution in [-0.2, 0) is 23.9 Å². The van der Waals surface area contributed by atoms with Gasteiger partial charge in [-0.3, -0.25) is 24.1 Å². The summed E-state index contributed by atoms with van der Waals surface area (Å²) in [4.78, 5) is 59.6. The molecule has 1 saturated heterocycles. The van der Waals surface area contributed by atoms with Crippen molar-refractivity contribution in [2.45, 2.75) is 94.8 Å². The van der Waals surface area contributed by atoms with E-state index in [-0.39, 0.29) is 29.7 Å². The standard InChI is InChI=1S/C37H48N2O9/c1-4-25(42)48-34-27-22(15-14-20-10-5-6-11-20)21-12-9-13-23(40)26(21)32(43)29(27)36(46)37(47)30(34)31(38(2)3)33(44)28(35(37)45)24(41)16-19-39-17-7-8-18-39/h9,12-13,20,22,27,30-31,34,40,43,45,47H,4-8,10-11,14-19H2,1-3H3/t22-,27+,30+,31-,34-,37+/m1/s1. The van der Waals surface area contributed by atoms with E-state index < -0.39 is 75.9 Å². The highest BCUT2D eigenvalue weighted by Gasteiger charge is 2.69. The first-order valence-electron chi connectivity index (χ1n) is 17.5. The van der Waals surface area contributed by atoms with Gasteiger partial charge in [-0.2, -0.15) is 0 Å². The van der Waals surface area contributed by atoms with Crippen LogP contribution >= 0.6 is 0 Å². The molecule has 0 unspecified atom stereocenters. The molecule has 4 N–H and O–H groups in total. The first-order chi connectivity index (χ1) is 22.9. The molecule has 1 heterocycles. The summed E-state index contributed by atoms with van der Waals surface area (Å²) in [7, 11) is 3.16.